The highest BCUT2D eigenvalue weighted by Gasteiger charge is 2.18. The van der Waals surface area contributed by atoms with Crippen LogP contribution in [0.15, 0.2) is 36.1 Å². The first-order chi connectivity index (χ1) is 10.2. The number of hydrogen-bond acceptors (Lipinski definition) is 4. The van der Waals surface area contributed by atoms with Gasteiger partial charge in [-0.25, -0.2) is 4.52 Å². The number of nitrogens with one attached hydrogen (secondary N) is 1. The minimum atomic E-state index is -0.148. The van der Waals surface area contributed by atoms with E-state index in [1.54, 1.807) is 29.2 Å². The van der Waals surface area contributed by atoms with Crippen LogP contribution in [-0.2, 0) is 11.8 Å². The molecule has 0 radical (unpaired) electrons. The Morgan fingerprint density at radius 1 is 1.52 bits per heavy atom. The molecule has 0 aliphatic rings. The summed E-state index contributed by atoms with van der Waals surface area (Å²) in [4.78, 5) is 13.4. The number of fused-ring (bicyclic) bond motifs is 1. The number of amides is 1. The number of nitrogens with zero attached hydrogens (tertiary/aromatic N) is 3. The maximum atomic E-state index is 12.3. The Hall–Kier alpha value is -2.12. The van der Waals surface area contributed by atoms with Crippen molar-refractivity contribution in [3.05, 3.63) is 46.5 Å². The number of ether oxygens (including phenoxy) is 1. The molecule has 3 rings (SSSR count). The molecule has 0 fully saturated rings. The molecule has 3 aromatic rings. The average Bonchev–Trinajstić information content (AvgIpc) is 3.19. The first kappa shape index (κ1) is 13.8. The normalized spacial score (nSPS) is 12.7. The molecule has 0 aliphatic heterocycles. The van der Waals surface area contributed by atoms with Crippen molar-refractivity contribution in [1.29, 1.82) is 0 Å². The van der Waals surface area contributed by atoms with Gasteiger partial charge in [0.15, 0.2) is 0 Å². The summed E-state index contributed by atoms with van der Waals surface area (Å²) >= 11 is 1.61. The third kappa shape index (κ3) is 2.57. The van der Waals surface area contributed by atoms with Crippen LogP contribution in [0.1, 0.15) is 21.3 Å². The van der Waals surface area contributed by atoms with Crippen molar-refractivity contribution in [3.8, 4) is 0 Å². The molecule has 3 heterocycles. The molecule has 0 aliphatic carbocycles. The summed E-state index contributed by atoms with van der Waals surface area (Å²) in [6, 6.07) is 3.97. The lowest BCUT2D eigenvalue weighted by Crippen LogP contribution is -2.29. The zero-order valence-corrected chi connectivity index (χ0v) is 12.6. The van der Waals surface area contributed by atoms with Crippen molar-refractivity contribution < 1.29 is 9.53 Å². The summed E-state index contributed by atoms with van der Waals surface area (Å²) in [6.45, 7) is 0.428. The first-order valence-electron chi connectivity index (χ1n) is 6.53. The molecule has 0 saturated heterocycles. The van der Waals surface area contributed by atoms with Gasteiger partial charge in [0.25, 0.3) is 5.91 Å². The molecular weight excluding hydrogens is 288 g/mol. The van der Waals surface area contributed by atoms with Crippen molar-refractivity contribution in [2.75, 3.05) is 13.7 Å². The van der Waals surface area contributed by atoms with Gasteiger partial charge in [-0.15, -0.1) is 11.3 Å². The summed E-state index contributed by atoms with van der Waals surface area (Å²) in [7, 11) is 3.53. The van der Waals surface area contributed by atoms with Gasteiger partial charge in [0.05, 0.1) is 6.20 Å². The Morgan fingerprint density at radius 3 is 3.10 bits per heavy atom. The Kier molecular flexibility index (Phi) is 3.76. The van der Waals surface area contributed by atoms with Crippen molar-refractivity contribution >= 4 is 22.9 Å². The highest BCUT2D eigenvalue weighted by Crippen LogP contribution is 2.21. The van der Waals surface area contributed by atoms with E-state index in [9.17, 15) is 4.79 Å². The van der Waals surface area contributed by atoms with Crippen LogP contribution >= 0.6 is 11.3 Å². The number of carbonyl (C=O) groups excluding carboxylic acids is 1. The number of methoxy groups -OCH3 is 1. The quantitative estimate of drug-likeness (QED) is 0.782. The first-order valence-corrected chi connectivity index (χ1v) is 7.41. The van der Waals surface area contributed by atoms with Crippen LogP contribution in [0.3, 0.4) is 0 Å². The second-order valence-corrected chi connectivity index (χ2v) is 5.66. The number of carbonyl (C=O) groups is 1. The van der Waals surface area contributed by atoms with Crippen LogP contribution in [-0.4, -0.2) is 33.7 Å². The Morgan fingerprint density at radius 2 is 2.38 bits per heavy atom. The van der Waals surface area contributed by atoms with E-state index >= 15 is 0 Å². The van der Waals surface area contributed by atoms with E-state index in [0.29, 0.717) is 12.1 Å². The lowest BCUT2D eigenvalue weighted by Gasteiger charge is -2.14. The largest absolute Gasteiger partial charge is 0.374 e. The van der Waals surface area contributed by atoms with Gasteiger partial charge in [-0.2, -0.15) is 5.10 Å². The highest BCUT2D eigenvalue weighted by molar-refractivity contribution is 7.10. The Balaban J connectivity index is 1.73. The molecule has 1 atom stereocenters. The van der Waals surface area contributed by atoms with Crippen LogP contribution in [0.5, 0.6) is 0 Å². The molecule has 6 nitrogen and oxygen atoms in total. The van der Waals surface area contributed by atoms with Crippen LogP contribution in [0.2, 0.25) is 0 Å². The maximum Gasteiger partial charge on any atom is 0.256 e. The third-order valence-electron chi connectivity index (χ3n) is 3.37. The molecule has 0 bridgehead atoms. The van der Waals surface area contributed by atoms with E-state index in [-0.39, 0.29) is 12.0 Å². The predicted octanol–water partition coefficient (Wildman–Crippen LogP) is 1.85. The van der Waals surface area contributed by atoms with E-state index in [1.807, 2.05) is 41.5 Å². The fourth-order valence-electron chi connectivity index (χ4n) is 2.27. The van der Waals surface area contributed by atoms with Crippen molar-refractivity contribution in [1.82, 2.24) is 19.5 Å². The number of imidazole rings is 1. The third-order valence-corrected chi connectivity index (χ3v) is 4.34. The van der Waals surface area contributed by atoms with Gasteiger partial charge in [-0.05, 0) is 11.4 Å². The van der Waals surface area contributed by atoms with Crippen molar-refractivity contribution in [2.45, 2.75) is 6.10 Å². The van der Waals surface area contributed by atoms with Crippen LogP contribution < -0.4 is 5.32 Å². The minimum absolute atomic E-state index is 0.131. The van der Waals surface area contributed by atoms with Crippen LogP contribution in [0.25, 0.3) is 5.65 Å². The molecule has 0 saturated carbocycles. The molecule has 3 aromatic heterocycles. The van der Waals surface area contributed by atoms with Crippen LogP contribution in [0, 0.1) is 0 Å². The van der Waals surface area contributed by atoms with Crippen molar-refractivity contribution in [3.63, 3.8) is 0 Å². The van der Waals surface area contributed by atoms with Gasteiger partial charge < -0.3 is 14.6 Å². The zero-order chi connectivity index (χ0) is 14.8. The van der Waals surface area contributed by atoms with E-state index in [1.165, 1.54) is 0 Å². The topological polar surface area (TPSA) is 60.6 Å². The van der Waals surface area contributed by atoms with Gasteiger partial charge in [0, 0.05) is 38.0 Å². The smallest absolute Gasteiger partial charge is 0.256 e. The molecular formula is C14H16N4O2S. The van der Waals surface area contributed by atoms with Crippen LogP contribution in [0.4, 0.5) is 0 Å². The van der Waals surface area contributed by atoms with E-state index in [2.05, 4.69) is 10.4 Å². The number of thiophene rings is 1. The molecule has 110 valence electrons. The van der Waals surface area contributed by atoms with Gasteiger partial charge in [-0.3, -0.25) is 4.79 Å². The van der Waals surface area contributed by atoms with Gasteiger partial charge in [0.2, 0.25) is 0 Å². The predicted molar refractivity (Wildman–Crippen MR) is 80.6 cm³/mol. The monoisotopic (exact) mass is 304 g/mol. The second-order valence-electron chi connectivity index (χ2n) is 4.69. The lowest BCUT2D eigenvalue weighted by atomic mass is 10.2. The molecule has 0 unspecified atom stereocenters. The molecule has 21 heavy (non-hydrogen) atoms. The number of aryl methyl sites for hydroxylation is 1. The van der Waals surface area contributed by atoms with E-state index < -0.39 is 0 Å². The summed E-state index contributed by atoms with van der Waals surface area (Å²) in [6.07, 6.45) is 5.13. The summed E-state index contributed by atoms with van der Waals surface area (Å²) in [5, 5.41) is 9.07. The lowest BCUT2D eigenvalue weighted by molar-refractivity contribution is 0.0838. The summed E-state index contributed by atoms with van der Waals surface area (Å²) in [5.74, 6) is -0.148. The van der Waals surface area contributed by atoms with Gasteiger partial charge >= 0.3 is 0 Å². The number of aromatic nitrogens is 3. The van der Waals surface area contributed by atoms with Gasteiger partial charge in [-0.1, -0.05) is 6.07 Å². The fourth-order valence-corrected chi connectivity index (χ4v) is 3.07. The number of rotatable bonds is 5. The average molecular weight is 304 g/mol. The SMILES string of the molecule is CO[C@H](CNC(=O)c1cnn2ccn(C)c12)c1cccs1. The van der Waals surface area contributed by atoms with Gasteiger partial charge in [0.1, 0.15) is 17.3 Å². The maximum absolute atomic E-state index is 12.3. The summed E-state index contributed by atoms with van der Waals surface area (Å²) in [5.41, 5.74) is 1.33. The summed E-state index contributed by atoms with van der Waals surface area (Å²) < 4.78 is 8.98. The molecule has 1 amide bonds. The minimum Gasteiger partial charge on any atom is -0.374 e. The molecule has 0 spiro atoms. The van der Waals surface area contributed by atoms with E-state index in [0.717, 1.165) is 10.5 Å². The number of hydrogen-bond donors (Lipinski definition) is 1. The molecule has 0 aromatic carbocycles. The molecule has 7 heteroatoms. The Labute approximate surface area is 126 Å². The Bertz CT molecular complexity index is 744. The zero-order valence-electron chi connectivity index (χ0n) is 11.8. The fraction of sp³-hybridized carbons (Fsp3) is 0.286. The highest BCUT2D eigenvalue weighted by atomic mass is 32.1. The standard InChI is InChI=1S/C14H16N4O2S/c1-17-5-6-18-14(17)10(8-16-18)13(19)15-9-11(20-2)12-4-3-7-21-12/h3-8,11H,9H2,1-2H3,(H,15,19)/t11-/m1/s1. The second kappa shape index (κ2) is 5.71. The van der Waals surface area contributed by atoms with E-state index in [4.69, 9.17) is 4.74 Å². The molecule has 1 N–H and O–H groups in total. The van der Waals surface area contributed by atoms with Crippen molar-refractivity contribution in [2.24, 2.45) is 7.05 Å².